The molecule has 0 spiro atoms. The molecule has 6 heteroatoms. The van der Waals surface area contributed by atoms with Crippen LogP contribution in [0.15, 0.2) is 24.3 Å². The summed E-state index contributed by atoms with van der Waals surface area (Å²) < 4.78 is 5.13. The van der Waals surface area contributed by atoms with Crippen molar-refractivity contribution in [2.75, 3.05) is 11.9 Å². The zero-order valence-electron chi connectivity index (χ0n) is 11.6. The average molecular weight is 287 g/mol. The molecule has 21 heavy (non-hydrogen) atoms. The zero-order valence-corrected chi connectivity index (χ0v) is 11.6. The van der Waals surface area contributed by atoms with E-state index < -0.39 is 11.3 Å². The Morgan fingerprint density at radius 3 is 2.43 bits per heavy atom. The minimum atomic E-state index is -0.902. The molecule has 0 heterocycles. The molecule has 0 radical (unpaired) electrons. The number of nitrogens with one attached hydrogen (secondary N) is 1. The van der Waals surface area contributed by atoms with E-state index in [1.807, 2.05) is 0 Å². The van der Waals surface area contributed by atoms with E-state index in [1.54, 1.807) is 24.3 Å². The molecule has 1 aromatic carbocycles. The molecule has 2 rings (SSSR count). The second-order valence-electron chi connectivity index (χ2n) is 5.13. The number of hydrogen-bond donors (Lipinski definition) is 2. The molecule has 1 aromatic rings. The minimum absolute atomic E-state index is 0.191. The fraction of sp³-hybridized carbons (Fsp3) is 0.400. The summed E-state index contributed by atoms with van der Waals surface area (Å²) in [6, 6.07) is 8.74. The van der Waals surface area contributed by atoms with Crippen molar-refractivity contribution in [3.05, 3.63) is 24.3 Å². The van der Waals surface area contributed by atoms with Crippen LogP contribution in [0.1, 0.15) is 25.7 Å². The predicted molar refractivity (Wildman–Crippen MR) is 76.3 cm³/mol. The standard InChI is InChI=1S/C15H17N3O3/c16-10-15(7-1-2-8-15)14(20)18-11-3-5-12(6-4-11)21-9-13(17)19/h3-6H,1-2,7-9H2,(H2,17,19)(H,18,20). The van der Waals surface area contributed by atoms with Gasteiger partial charge in [0.15, 0.2) is 6.61 Å². The van der Waals surface area contributed by atoms with E-state index in [4.69, 9.17) is 10.5 Å². The van der Waals surface area contributed by atoms with Crippen LogP contribution >= 0.6 is 0 Å². The summed E-state index contributed by atoms with van der Waals surface area (Å²) in [5.74, 6) is -0.319. The van der Waals surface area contributed by atoms with Crippen LogP contribution in [0.3, 0.4) is 0 Å². The smallest absolute Gasteiger partial charge is 0.255 e. The fourth-order valence-electron chi connectivity index (χ4n) is 2.41. The molecule has 110 valence electrons. The van der Waals surface area contributed by atoms with Crippen molar-refractivity contribution in [2.24, 2.45) is 11.1 Å². The van der Waals surface area contributed by atoms with Crippen LogP contribution in [-0.2, 0) is 9.59 Å². The van der Waals surface area contributed by atoms with Crippen molar-refractivity contribution in [1.29, 1.82) is 5.26 Å². The molecule has 0 bridgehead atoms. The van der Waals surface area contributed by atoms with Gasteiger partial charge in [-0.05, 0) is 37.1 Å². The van der Waals surface area contributed by atoms with Gasteiger partial charge in [0, 0.05) is 5.69 Å². The molecule has 1 fully saturated rings. The number of amides is 2. The van der Waals surface area contributed by atoms with Gasteiger partial charge >= 0.3 is 0 Å². The van der Waals surface area contributed by atoms with E-state index in [9.17, 15) is 14.9 Å². The van der Waals surface area contributed by atoms with E-state index in [-0.39, 0.29) is 12.5 Å². The van der Waals surface area contributed by atoms with Gasteiger partial charge in [-0.3, -0.25) is 9.59 Å². The number of carbonyl (C=O) groups is 2. The molecule has 1 aliphatic carbocycles. The van der Waals surface area contributed by atoms with Crippen LogP contribution in [-0.4, -0.2) is 18.4 Å². The van der Waals surface area contributed by atoms with E-state index in [1.165, 1.54) is 0 Å². The lowest BCUT2D eigenvalue weighted by molar-refractivity contribution is -0.122. The first-order valence-corrected chi connectivity index (χ1v) is 6.80. The Bertz CT molecular complexity index is 569. The normalized spacial score (nSPS) is 16.0. The van der Waals surface area contributed by atoms with Gasteiger partial charge in [-0.15, -0.1) is 0 Å². The molecule has 0 aromatic heterocycles. The number of hydrogen-bond acceptors (Lipinski definition) is 4. The molecule has 0 unspecified atom stereocenters. The second-order valence-corrected chi connectivity index (χ2v) is 5.13. The Balaban J connectivity index is 1.98. The maximum atomic E-state index is 12.2. The molecule has 3 N–H and O–H groups in total. The van der Waals surface area contributed by atoms with Crippen LogP contribution in [0.2, 0.25) is 0 Å². The van der Waals surface area contributed by atoms with Gasteiger partial charge in [0.2, 0.25) is 5.91 Å². The highest BCUT2D eigenvalue weighted by molar-refractivity contribution is 5.97. The molecular formula is C15H17N3O3. The Morgan fingerprint density at radius 1 is 1.29 bits per heavy atom. The Morgan fingerprint density at radius 2 is 1.90 bits per heavy atom. The Kier molecular flexibility index (Phi) is 4.43. The summed E-state index contributed by atoms with van der Waals surface area (Å²) in [6.45, 7) is -0.191. The van der Waals surface area contributed by atoms with Gasteiger partial charge < -0.3 is 15.8 Å². The lowest BCUT2D eigenvalue weighted by Gasteiger charge is -2.19. The van der Waals surface area contributed by atoms with Crippen molar-refractivity contribution < 1.29 is 14.3 Å². The summed E-state index contributed by atoms with van der Waals surface area (Å²) in [7, 11) is 0. The molecule has 0 atom stereocenters. The van der Waals surface area contributed by atoms with E-state index in [2.05, 4.69) is 11.4 Å². The fourth-order valence-corrected chi connectivity index (χ4v) is 2.41. The number of carbonyl (C=O) groups excluding carboxylic acids is 2. The van der Waals surface area contributed by atoms with Gasteiger partial charge in [-0.25, -0.2) is 0 Å². The van der Waals surface area contributed by atoms with Gasteiger partial charge in [0.25, 0.3) is 5.91 Å². The van der Waals surface area contributed by atoms with Crippen molar-refractivity contribution in [3.8, 4) is 11.8 Å². The topological polar surface area (TPSA) is 105 Å². The highest BCUT2D eigenvalue weighted by atomic mass is 16.5. The molecule has 6 nitrogen and oxygen atoms in total. The lowest BCUT2D eigenvalue weighted by atomic mass is 9.87. The van der Waals surface area contributed by atoms with Crippen LogP contribution in [0.25, 0.3) is 0 Å². The van der Waals surface area contributed by atoms with Gasteiger partial charge in [0.05, 0.1) is 6.07 Å². The third kappa shape index (κ3) is 3.51. The lowest BCUT2D eigenvalue weighted by Crippen LogP contribution is -2.32. The summed E-state index contributed by atoms with van der Waals surface area (Å²) in [5, 5.41) is 12.0. The third-order valence-electron chi connectivity index (χ3n) is 3.60. The second kappa shape index (κ2) is 6.27. The number of benzene rings is 1. The van der Waals surface area contributed by atoms with Crippen molar-refractivity contribution in [1.82, 2.24) is 0 Å². The third-order valence-corrected chi connectivity index (χ3v) is 3.60. The van der Waals surface area contributed by atoms with E-state index >= 15 is 0 Å². The zero-order chi connectivity index (χ0) is 15.3. The SMILES string of the molecule is N#CC1(C(=O)Nc2ccc(OCC(N)=O)cc2)CCCC1. The summed E-state index contributed by atoms with van der Waals surface area (Å²) in [6.07, 6.45) is 3.02. The number of nitriles is 1. The molecule has 0 aliphatic heterocycles. The number of nitrogens with two attached hydrogens (primary N) is 1. The minimum Gasteiger partial charge on any atom is -0.484 e. The number of rotatable bonds is 5. The number of nitrogens with zero attached hydrogens (tertiary/aromatic N) is 1. The summed E-state index contributed by atoms with van der Waals surface area (Å²) >= 11 is 0. The predicted octanol–water partition coefficient (Wildman–Crippen LogP) is 1.57. The molecule has 0 saturated heterocycles. The number of anilines is 1. The van der Waals surface area contributed by atoms with Gasteiger partial charge in [-0.1, -0.05) is 12.8 Å². The van der Waals surface area contributed by atoms with E-state index in [0.717, 1.165) is 12.8 Å². The quantitative estimate of drug-likeness (QED) is 0.857. The highest BCUT2D eigenvalue weighted by Gasteiger charge is 2.41. The van der Waals surface area contributed by atoms with Crippen molar-refractivity contribution >= 4 is 17.5 Å². The number of ether oxygens (including phenoxy) is 1. The average Bonchev–Trinajstić information content (AvgIpc) is 2.96. The first-order chi connectivity index (χ1) is 10.1. The van der Waals surface area contributed by atoms with Crippen LogP contribution in [0.4, 0.5) is 5.69 Å². The van der Waals surface area contributed by atoms with E-state index in [0.29, 0.717) is 24.3 Å². The first-order valence-electron chi connectivity index (χ1n) is 6.80. The van der Waals surface area contributed by atoms with Crippen LogP contribution < -0.4 is 15.8 Å². The van der Waals surface area contributed by atoms with Crippen LogP contribution in [0.5, 0.6) is 5.75 Å². The van der Waals surface area contributed by atoms with Crippen molar-refractivity contribution in [2.45, 2.75) is 25.7 Å². The monoisotopic (exact) mass is 287 g/mol. The first kappa shape index (κ1) is 14.9. The molecule has 1 aliphatic rings. The van der Waals surface area contributed by atoms with Gasteiger partial charge in [0.1, 0.15) is 11.2 Å². The summed E-state index contributed by atoms with van der Waals surface area (Å²) in [5.41, 5.74) is 4.67. The molecular weight excluding hydrogens is 270 g/mol. The van der Waals surface area contributed by atoms with Crippen LogP contribution in [0, 0.1) is 16.7 Å². The highest BCUT2D eigenvalue weighted by Crippen LogP contribution is 2.38. The molecule has 1 saturated carbocycles. The maximum absolute atomic E-state index is 12.2. The molecule has 2 amide bonds. The van der Waals surface area contributed by atoms with Crippen molar-refractivity contribution in [3.63, 3.8) is 0 Å². The van der Waals surface area contributed by atoms with Gasteiger partial charge in [-0.2, -0.15) is 5.26 Å². The Labute approximate surface area is 122 Å². The maximum Gasteiger partial charge on any atom is 0.255 e. The Hall–Kier alpha value is -2.55. The largest absolute Gasteiger partial charge is 0.484 e. The number of primary amides is 1. The summed E-state index contributed by atoms with van der Waals surface area (Å²) in [4.78, 5) is 22.9.